The molecule has 1 aromatic carbocycles. The van der Waals surface area contributed by atoms with Gasteiger partial charge in [0, 0.05) is 37.3 Å². The zero-order chi connectivity index (χ0) is 18.7. The Labute approximate surface area is 151 Å². The Morgan fingerprint density at radius 3 is 2.62 bits per heavy atom. The molecule has 26 heavy (non-hydrogen) atoms. The third-order valence-corrected chi connectivity index (χ3v) is 4.54. The smallest absolute Gasteiger partial charge is 0.253 e. The Hall–Kier alpha value is -3.16. The second-order valence-electron chi connectivity index (χ2n) is 6.32. The van der Waals surface area contributed by atoms with Gasteiger partial charge in [-0.05, 0) is 25.0 Å². The van der Waals surface area contributed by atoms with Crippen molar-refractivity contribution >= 4 is 23.6 Å². The predicted octanol–water partition coefficient (Wildman–Crippen LogP) is 1.10. The first kappa shape index (κ1) is 17.7. The number of likely N-dealkylation sites (tertiary alicyclic amines) is 1. The van der Waals surface area contributed by atoms with E-state index in [0.717, 1.165) is 18.4 Å². The van der Waals surface area contributed by atoms with Crippen LogP contribution in [0.15, 0.2) is 30.3 Å². The molecule has 8 nitrogen and oxygen atoms in total. The summed E-state index contributed by atoms with van der Waals surface area (Å²) < 4.78 is 0. The Morgan fingerprint density at radius 1 is 1.23 bits per heavy atom. The van der Waals surface area contributed by atoms with Gasteiger partial charge in [-0.2, -0.15) is 4.98 Å². The first-order valence-electron chi connectivity index (χ1n) is 8.49. The lowest BCUT2D eigenvalue weighted by Gasteiger charge is -2.31. The number of piperidine rings is 1. The maximum atomic E-state index is 12.7. The Morgan fingerprint density at radius 2 is 1.96 bits per heavy atom. The van der Waals surface area contributed by atoms with Crippen LogP contribution in [0.2, 0.25) is 0 Å². The Bertz CT molecular complexity index is 821. The van der Waals surface area contributed by atoms with Crippen molar-refractivity contribution in [2.45, 2.75) is 12.8 Å². The molecule has 0 spiro atoms. The number of hydrogen-bond acceptors (Lipinski definition) is 6. The molecule has 5 N–H and O–H groups in total. The predicted molar refractivity (Wildman–Crippen MR) is 99.2 cm³/mol. The highest BCUT2D eigenvalue weighted by Crippen LogP contribution is 2.23. The van der Waals surface area contributed by atoms with Gasteiger partial charge in [0.25, 0.3) is 5.91 Å². The fourth-order valence-corrected chi connectivity index (χ4v) is 3.10. The summed E-state index contributed by atoms with van der Waals surface area (Å²) in [7, 11) is 1.76. The number of hydrogen-bond donors (Lipinski definition) is 3. The maximum Gasteiger partial charge on any atom is 0.253 e. The van der Waals surface area contributed by atoms with Crippen molar-refractivity contribution in [1.82, 2.24) is 14.9 Å². The summed E-state index contributed by atoms with van der Waals surface area (Å²) in [6, 6.07) is 8.94. The number of nitrogen functional groups attached to an aromatic ring is 1. The van der Waals surface area contributed by atoms with Crippen molar-refractivity contribution in [2.24, 2.45) is 11.7 Å². The number of carbonyl (C=O) groups excluding carboxylic acids is 2. The average molecular weight is 354 g/mol. The van der Waals surface area contributed by atoms with E-state index in [4.69, 9.17) is 11.5 Å². The van der Waals surface area contributed by atoms with Crippen LogP contribution >= 0.6 is 0 Å². The number of primary amides is 1. The molecule has 1 saturated heterocycles. The molecule has 1 fully saturated rings. The lowest BCUT2D eigenvalue weighted by molar-refractivity contribution is -0.123. The van der Waals surface area contributed by atoms with Gasteiger partial charge in [0.2, 0.25) is 11.9 Å². The van der Waals surface area contributed by atoms with Gasteiger partial charge in [0.1, 0.15) is 5.82 Å². The van der Waals surface area contributed by atoms with Crippen molar-refractivity contribution in [1.29, 1.82) is 0 Å². The minimum atomic E-state index is -0.348. The number of nitrogens with two attached hydrogens (primary N) is 2. The highest BCUT2D eigenvalue weighted by Gasteiger charge is 2.27. The summed E-state index contributed by atoms with van der Waals surface area (Å²) >= 11 is 0. The molecule has 8 heteroatoms. The number of rotatable bonds is 4. The summed E-state index contributed by atoms with van der Waals surface area (Å²) in [6.07, 6.45) is 1.52. The molecule has 1 aliphatic rings. The van der Waals surface area contributed by atoms with E-state index in [1.54, 1.807) is 30.1 Å². The second-order valence-corrected chi connectivity index (χ2v) is 6.32. The molecule has 0 radical (unpaired) electrons. The fraction of sp³-hybridized carbons (Fsp3) is 0.333. The van der Waals surface area contributed by atoms with Gasteiger partial charge in [0.15, 0.2) is 0 Å². The molecular weight excluding hydrogens is 332 g/mol. The van der Waals surface area contributed by atoms with Crippen LogP contribution in [-0.2, 0) is 4.79 Å². The number of amides is 2. The van der Waals surface area contributed by atoms with Crippen molar-refractivity contribution < 1.29 is 9.59 Å². The zero-order valence-corrected chi connectivity index (χ0v) is 14.6. The van der Waals surface area contributed by atoms with Crippen LogP contribution < -0.4 is 16.8 Å². The summed E-state index contributed by atoms with van der Waals surface area (Å²) in [5, 5.41) is 2.93. The van der Waals surface area contributed by atoms with Crippen LogP contribution in [0.3, 0.4) is 0 Å². The molecule has 136 valence electrons. The topological polar surface area (TPSA) is 127 Å². The zero-order valence-electron chi connectivity index (χ0n) is 14.6. The van der Waals surface area contributed by atoms with Gasteiger partial charge in [-0.1, -0.05) is 12.1 Å². The van der Waals surface area contributed by atoms with Crippen LogP contribution in [0, 0.1) is 5.92 Å². The molecular formula is C18H22N6O2. The van der Waals surface area contributed by atoms with Crippen LogP contribution in [0.5, 0.6) is 0 Å². The summed E-state index contributed by atoms with van der Waals surface area (Å²) in [5.41, 5.74) is 13.2. The maximum absolute atomic E-state index is 12.7. The van der Waals surface area contributed by atoms with Gasteiger partial charge in [0.05, 0.1) is 11.6 Å². The minimum Gasteiger partial charge on any atom is -0.373 e. The Kier molecular flexibility index (Phi) is 5.01. The number of benzene rings is 1. The average Bonchev–Trinajstić information content (AvgIpc) is 2.67. The second kappa shape index (κ2) is 7.38. The first-order valence-corrected chi connectivity index (χ1v) is 8.49. The van der Waals surface area contributed by atoms with Crippen molar-refractivity contribution in [3.63, 3.8) is 0 Å². The van der Waals surface area contributed by atoms with Crippen molar-refractivity contribution in [3.05, 3.63) is 35.9 Å². The van der Waals surface area contributed by atoms with E-state index in [0.29, 0.717) is 30.2 Å². The quantitative estimate of drug-likeness (QED) is 0.754. The standard InChI is InChI=1S/C18H22N6O2/c1-21-15-9-14(22-18(20)23-15)11-4-6-12(7-5-11)17(26)24-8-2-3-13(10-24)16(19)25/h4-7,9,13H,2-3,8,10H2,1H3,(H2,19,25)(H3,20,21,22,23). The molecule has 2 aromatic rings. The van der Waals surface area contributed by atoms with E-state index in [-0.39, 0.29) is 23.7 Å². The summed E-state index contributed by atoms with van der Waals surface area (Å²) in [6.45, 7) is 1.02. The number of nitrogens with zero attached hydrogens (tertiary/aromatic N) is 3. The molecule has 1 unspecified atom stereocenters. The van der Waals surface area contributed by atoms with Gasteiger partial charge >= 0.3 is 0 Å². The van der Waals surface area contributed by atoms with E-state index < -0.39 is 0 Å². The van der Waals surface area contributed by atoms with Gasteiger partial charge < -0.3 is 21.7 Å². The highest BCUT2D eigenvalue weighted by atomic mass is 16.2. The third kappa shape index (κ3) is 3.74. The molecule has 0 bridgehead atoms. The van der Waals surface area contributed by atoms with Crippen molar-refractivity contribution in [3.8, 4) is 11.3 Å². The van der Waals surface area contributed by atoms with Crippen LogP contribution in [-0.4, -0.2) is 46.8 Å². The highest BCUT2D eigenvalue weighted by molar-refractivity contribution is 5.95. The van der Waals surface area contributed by atoms with E-state index in [1.807, 2.05) is 12.1 Å². The first-order chi connectivity index (χ1) is 12.5. The SMILES string of the molecule is CNc1cc(-c2ccc(C(=O)N3CCCC(C(N)=O)C3)cc2)nc(N)n1. The number of nitrogens with one attached hydrogen (secondary N) is 1. The molecule has 2 amide bonds. The number of carbonyl (C=O) groups is 2. The Balaban J connectivity index is 1.78. The molecule has 0 saturated carbocycles. The van der Waals surface area contributed by atoms with Gasteiger partial charge in [-0.25, -0.2) is 4.98 Å². The summed E-state index contributed by atoms with van der Waals surface area (Å²) in [5.74, 6) is 0.0901. The van der Waals surface area contributed by atoms with E-state index in [9.17, 15) is 9.59 Å². The normalized spacial score (nSPS) is 17.0. The molecule has 1 atom stereocenters. The largest absolute Gasteiger partial charge is 0.373 e. The minimum absolute atomic E-state index is 0.0967. The molecule has 1 aliphatic heterocycles. The van der Waals surface area contributed by atoms with E-state index in [2.05, 4.69) is 15.3 Å². The van der Waals surface area contributed by atoms with Gasteiger partial charge in [-0.15, -0.1) is 0 Å². The van der Waals surface area contributed by atoms with Crippen LogP contribution in [0.25, 0.3) is 11.3 Å². The lowest BCUT2D eigenvalue weighted by Crippen LogP contribution is -2.44. The van der Waals surface area contributed by atoms with Crippen LogP contribution in [0.1, 0.15) is 23.2 Å². The van der Waals surface area contributed by atoms with E-state index >= 15 is 0 Å². The number of anilines is 2. The lowest BCUT2D eigenvalue weighted by atomic mass is 9.96. The third-order valence-electron chi connectivity index (χ3n) is 4.54. The molecule has 1 aromatic heterocycles. The number of aromatic nitrogens is 2. The van der Waals surface area contributed by atoms with Crippen LogP contribution in [0.4, 0.5) is 11.8 Å². The van der Waals surface area contributed by atoms with E-state index in [1.165, 1.54) is 0 Å². The molecule has 0 aliphatic carbocycles. The fourth-order valence-electron chi connectivity index (χ4n) is 3.10. The molecule has 2 heterocycles. The summed E-state index contributed by atoms with van der Waals surface area (Å²) in [4.78, 5) is 34.1. The molecule has 3 rings (SSSR count). The van der Waals surface area contributed by atoms with Gasteiger partial charge in [-0.3, -0.25) is 9.59 Å². The monoisotopic (exact) mass is 354 g/mol. The van der Waals surface area contributed by atoms with Crippen molar-refractivity contribution in [2.75, 3.05) is 31.2 Å².